The predicted molar refractivity (Wildman–Crippen MR) is 123 cm³/mol. The molecule has 0 bridgehead atoms. The Balaban J connectivity index is 1.74. The molecule has 0 atom stereocenters. The molecule has 5 nitrogen and oxygen atoms in total. The maximum Gasteiger partial charge on any atom is 0.416 e. The van der Waals surface area contributed by atoms with Crippen molar-refractivity contribution in [2.24, 2.45) is 0 Å². The number of ether oxygens (including phenoxy) is 1. The van der Waals surface area contributed by atoms with Crippen molar-refractivity contribution < 1.29 is 27.5 Å². The van der Waals surface area contributed by atoms with Gasteiger partial charge in [0.2, 0.25) is 5.91 Å². The van der Waals surface area contributed by atoms with Gasteiger partial charge in [-0.3, -0.25) is 14.5 Å². The van der Waals surface area contributed by atoms with Gasteiger partial charge in [0, 0.05) is 18.0 Å². The lowest BCUT2D eigenvalue weighted by molar-refractivity contribution is -0.137. The number of nitrogens with zero attached hydrogens (tertiary/aromatic N) is 1. The lowest BCUT2D eigenvalue weighted by Crippen LogP contribution is -2.43. The smallest absolute Gasteiger partial charge is 0.379 e. The number of rotatable bonds is 8. The largest absolute Gasteiger partial charge is 0.416 e. The van der Waals surface area contributed by atoms with Gasteiger partial charge >= 0.3 is 6.18 Å². The van der Waals surface area contributed by atoms with Gasteiger partial charge in [-0.25, -0.2) is 0 Å². The van der Waals surface area contributed by atoms with Gasteiger partial charge in [0.15, 0.2) is 0 Å². The number of nitrogens with one attached hydrogen (secondary N) is 1. The fourth-order valence-corrected chi connectivity index (χ4v) is 4.22. The lowest BCUT2D eigenvalue weighted by Gasteiger charge is -2.29. The van der Waals surface area contributed by atoms with Crippen LogP contribution in [0.1, 0.15) is 31.4 Å². The highest BCUT2D eigenvalue weighted by atomic mass is 32.2. The second-order valence-corrected chi connectivity index (χ2v) is 8.80. The first-order chi connectivity index (χ1) is 15.6. The highest BCUT2D eigenvalue weighted by Gasteiger charge is 2.31. The molecule has 1 N–H and O–H groups in total. The molecule has 0 saturated heterocycles. The number of halogens is 3. The van der Waals surface area contributed by atoms with Crippen molar-refractivity contribution in [1.82, 2.24) is 5.32 Å². The van der Waals surface area contributed by atoms with Crippen LogP contribution in [0.2, 0.25) is 0 Å². The summed E-state index contributed by atoms with van der Waals surface area (Å²) in [5.41, 5.74) is 0.331. The van der Waals surface area contributed by atoms with Gasteiger partial charge in [0.1, 0.15) is 6.54 Å². The molecule has 0 saturated carbocycles. The summed E-state index contributed by atoms with van der Waals surface area (Å²) in [6.07, 6.45) is -2.11. The highest BCUT2D eigenvalue weighted by molar-refractivity contribution is 8.04. The van der Waals surface area contributed by atoms with Gasteiger partial charge in [-0.15, -0.1) is 0 Å². The number of hydrogen-bond acceptors (Lipinski definition) is 4. The summed E-state index contributed by atoms with van der Waals surface area (Å²) < 4.78 is 43.9. The number of alkyl halides is 3. The van der Waals surface area contributed by atoms with E-state index in [1.54, 1.807) is 12.1 Å². The summed E-state index contributed by atoms with van der Waals surface area (Å²) in [6, 6.07) is 11.8. The van der Waals surface area contributed by atoms with Gasteiger partial charge in [-0.2, -0.15) is 13.2 Å². The van der Waals surface area contributed by atoms with E-state index in [9.17, 15) is 22.8 Å². The molecule has 0 fully saturated rings. The topological polar surface area (TPSA) is 58.6 Å². The zero-order chi connectivity index (χ0) is 24.0. The maximum absolute atomic E-state index is 13.2. The molecule has 0 aromatic heterocycles. The van der Waals surface area contributed by atoms with Gasteiger partial charge in [-0.1, -0.05) is 36.0 Å². The van der Waals surface area contributed by atoms with Crippen LogP contribution in [0.3, 0.4) is 0 Å². The average Bonchev–Trinajstić information content (AvgIpc) is 2.76. The zero-order valence-electron chi connectivity index (χ0n) is 18.3. The molecule has 0 spiro atoms. The van der Waals surface area contributed by atoms with E-state index in [-0.39, 0.29) is 24.5 Å². The van der Waals surface area contributed by atoms with E-state index in [1.807, 2.05) is 26.0 Å². The average molecular weight is 479 g/mol. The van der Waals surface area contributed by atoms with Crippen molar-refractivity contribution in [2.75, 3.05) is 24.6 Å². The third-order valence-electron chi connectivity index (χ3n) is 4.76. The van der Waals surface area contributed by atoms with Crippen molar-refractivity contribution in [3.63, 3.8) is 0 Å². The molecular formula is C24H25F3N2O3S. The van der Waals surface area contributed by atoms with Crippen LogP contribution < -0.4 is 10.2 Å². The van der Waals surface area contributed by atoms with Crippen LogP contribution in [0.5, 0.6) is 0 Å². The minimum Gasteiger partial charge on any atom is -0.379 e. The second kappa shape index (κ2) is 10.9. The van der Waals surface area contributed by atoms with Crippen LogP contribution in [0.4, 0.5) is 18.9 Å². The van der Waals surface area contributed by atoms with Crippen LogP contribution >= 0.6 is 11.8 Å². The second-order valence-electron chi connectivity index (χ2n) is 7.71. The summed E-state index contributed by atoms with van der Waals surface area (Å²) in [7, 11) is 0. The Morgan fingerprint density at radius 1 is 1.15 bits per heavy atom. The Kier molecular flexibility index (Phi) is 8.20. The molecule has 176 valence electrons. The molecule has 2 aromatic carbocycles. The number of amides is 2. The standard InChI is InChI=1S/C24H25F3N2O3S/c1-16(2)32-13-5-12-28-22(30)15-29-19-6-3-4-7-20(19)33-21(23(29)31)14-17-8-10-18(11-9-17)24(25,26)27/h3-4,6-11,14,16H,5,12-13,15H2,1-2H3,(H,28,30). The van der Waals surface area contributed by atoms with Gasteiger partial charge in [0.05, 0.1) is 22.3 Å². The minimum absolute atomic E-state index is 0.121. The van der Waals surface area contributed by atoms with E-state index in [4.69, 9.17) is 4.74 Å². The molecule has 2 aromatic rings. The molecule has 1 aliphatic rings. The monoisotopic (exact) mass is 478 g/mol. The van der Waals surface area contributed by atoms with E-state index >= 15 is 0 Å². The molecule has 2 amide bonds. The van der Waals surface area contributed by atoms with E-state index in [1.165, 1.54) is 34.9 Å². The number of benzene rings is 2. The van der Waals surface area contributed by atoms with Crippen molar-refractivity contribution in [3.8, 4) is 0 Å². The fourth-order valence-electron chi connectivity index (χ4n) is 3.16. The predicted octanol–water partition coefficient (Wildman–Crippen LogP) is 5.12. The van der Waals surface area contributed by atoms with E-state index in [0.717, 1.165) is 17.0 Å². The van der Waals surface area contributed by atoms with Crippen molar-refractivity contribution >= 4 is 35.3 Å². The Bertz CT molecular complexity index is 1020. The molecule has 33 heavy (non-hydrogen) atoms. The number of fused-ring (bicyclic) bond motifs is 1. The number of thioether (sulfide) groups is 1. The molecule has 1 heterocycles. The summed E-state index contributed by atoms with van der Waals surface area (Å²) in [5, 5.41) is 2.79. The van der Waals surface area contributed by atoms with E-state index < -0.39 is 11.7 Å². The lowest BCUT2D eigenvalue weighted by atomic mass is 10.1. The molecule has 0 radical (unpaired) electrons. The minimum atomic E-state index is -4.43. The highest BCUT2D eigenvalue weighted by Crippen LogP contribution is 2.42. The Labute approximate surface area is 195 Å². The van der Waals surface area contributed by atoms with Crippen LogP contribution in [-0.2, 0) is 20.5 Å². The van der Waals surface area contributed by atoms with Crippen LogP contribution in [-0.4, -0.2) is 37.6 Å². The Hall–Kier alpha value is -2.78. The Morgan fingerprint density at radius 3 is 2.52 bits per heavy atom. The summed E-state index contributed by atoms with van der Waals surface area (Å²) in [5.74, 6) is -0.680. The third kappa shape index (κ3) is 6.85. The number of carbonyl (C=O) groups excluding carboxylic acids is 2. The summed E-state index contributed by atoms with van der Waals surface area (Å²) >= 11 is 1.23. The van der Waals surface area contributed by atoms with Crippen molar-refractivity contribution in [2.45, 2.75) is 37.4 Å². The SMILES string of the molecule is CC(C)OCCCNC(=O)CN1C(=O)C(=Cc2ccc(C(F)(F)F)cc2)Sc2ccccc21. The molecular weight excluding hydrogens is 453 g/mol. The van der Waals surface area contributed by atoms with Crippen molar-refractivity contribution in [1.29, 1.82) is 0 Å². The molecule has 0 aliphatic carbocycles. The van der Waals surface area contributed by atoms with Crippen LogP contribution in [0, 0.1) is 0 Å². The first kappa shape index (κ1) is 24.9. The maximum atomic E-state index is 13.2. The number of carbonyl (C=O) groups is 2. The third-order valence-corrected chi connectivity index (χ3v) is 5.84. The fraction of sp³-hybridized carbons (Fsp3) is 0.333. The summed E-state index contributed by atoms with van der Waals surface area (Å²) in [6.45, 7) is 4.67. The number of para-hydroxylation sites is 1. The van der Waals surface area contributed by atoms with Gasteiger partial charge in [0.25, 0.3) is 5.91 Å². The van der Waals surface area contributed by atoms with Gasteiger partial charge in [-0.05, 0) is 56.2 Å². The van der Waals surface area contributed by atoms with Crippen LogP contribution in [0.15, 0.2) is 58.3 Å². The zero-order valence-corrected chi connectivity index (χ0v) is 19.1. The Morgan fingerprint density at radius 2 is 1.85 bits per heavy atom. The molecule has 1 aliphatic heterocycles. The summed E-state index contributed by atoms with van der Waals surface area (Å²) in [4.78, 5) is 28.1. The number of anilines is 1. The number of hydrogen-bond donors (Lipinski definition) is 1. The van der Waals surface area contributed by atoms with E-state index in [0.29, 0.717) is 35.7 Å². The van der Waals surface area contributed by atoms with Gasteiger partial charge < -0.3 is 10.1 Å². The molecule has 9 heteroatoms. The first-order valence-corrected chi connectivity index (χ1v) is 11.3. The van der Waals surface area contributed by atoms with Crippen LogP contribution in [0.25, 0.3) is 6.08 Å². The molecule has 3 rings (SSSR count). The normalized spacial score (nSPS) is 15.2. The quantitative estimate of drug-likeness (QED) is 0.423. The first-order valence-electron chi connectivity index (χ1n) is 10.5. The molecule has 0 unspecified atom stereocenters. The van der Waals surface area contributed by atoms with Crippen molar-refractivity contribution in [3.05, 3.63) is 64.6 Å². The van der Waals surface area contributed by atoms with E-state index in [2.05, 4.69) is 5.32 Å².